The maximum absolute atomic E-state index is 13.0. The number of nitrogens with one attached hydrogen (secondary N) is 2. The molecule has 0 saturated heterocycles. The Hall–Kier alpha value is -2.50. The van der Waals surface area contributed by atoms with Crippen LogP contribution in [0.1, 0.15) is 21.6 Å². The summed E-state index contributed by atoms with van der Waals surface area (Å²) in [5, 5.41) is 8.49. The van der Waals surface area contributed by atoms with E-state index in [4.69, 9.17) is 0 Å². The summed E-state index contributed by atoms with van der Waals surface area (Å²) in [5.41, 5.74) is 0.758. The first-order valence-corrected chi connectivity index (χ1v) is 5.62. The van der Waals surface area contributed by atoms with Gasteiger partial charge in [-0.3, -0.25) is 9.59 Å². The molecule has 98 valence electrons. The number of aryl methyl sites for hydroxylation is 1. The third kappa shape index (κ3) is 2.67. The molecule has 1 amide bonds. The van der Waals surface area contributed by atoms with Gasteiger partial charge in [0.15, 0.2) is 0 Å². The molecule has 0 bridgehead atoms. The van der Waals surface area contributed by atoms with E-state index in [1.807, 2.05) is 0 Å². The first-order valence-electron chi connectivity index (χ1n) is 5.62. The quantitative estimate of drug-likeness (QED) is 0.865. The molecule has 0 atom stereocenters. The Morgan fingerprint density at radius 3 is 2.79 bits per heavy atom. The van der Waals surface area contributed by atoms with E-state index in [0.717, 1.165) is 0 Å². The minimum atomic E-state index is -0.588. The van der Waals surface area contributed by atoms with Crippen molar-refractivity contribution in [3.8, 4) is 0 Å². The van der Waals surface area contributed by atoms with Gasteiger partial charge in [-0.25, -0.2) is 9.49 Å². The average Bonchev–Trinajstić information content (AvgIpc) is 2.34. The van der Waals surface area contributed by atoms with Crippen molar-refractivity contribution in [1.82, 2.24) is 10.2 Å². The van der Waals surface area contributed by atoms with E-state index in [9.17, 15) is 14.0 Å². The summed E-state index contributed by atoms with van der Waals surface area (Å²) in [4.78, 5) is 23.7. The lowest BCUT2D eigenvalue weighted by atomic mass is 10.1. The second-order valence-electron chi connectivity index (χ2n) is 4.10. The highest BCUT2D eigenvalue weighted by Crippen LogP contribution is 2.12. The predicted molar refractivity (Wildman–Crippen MR) is 68.7 cm³/mol. The van der Waals surface area contributed by atoms with Gasteiger partial charge in [0.05, 0.1) is 5.69 Å². The lowest BCUT2D eigenvalue weighted by Gasteiger charge is -2.08. The summed E-state index contributed by atoms with van der Waals surface area (Å²) >= 11 is 0. The number of amides is 1. The number of aromatic nitrogens is 2. The summed E-state index contributed by atoms with van der Waals surface area (Å²) in [5.74, 6) is -1.05. The van der Waals surface area contributed by atoms with Crippen LogP contribution < -0.4 is 10.9 Å². The summed E-state index contributed by atoms with van der Waals surface area (Å²) in [7, 11) is 0. The minimum Gasteiger partial charge on any atom is -0.322 e. The Kier molecular flexibility index (Phi) is 3.41. The molecule has 19 heavy (non-hydrogen) atoms. The van der Waals surface area contributed by atoms with Crippen molar-refractivity contribution in [2.24, 2.45) is 0 Å². The third-order valence-electron chi connectivity index (χ3n) is 2.78. The molecule has 2 N–H and O–H groups in total. The molecule has 0 radical (unpaired) electrons. The van der Waals surface area contributed by atoms with Crippen LogP contribution in [0, 0.1) is 19.7 Å². The lowest BCUT2D eigenvalue weighted by Crippen LogP contribution is -2.26. The fraction of sp³-hybridized carbons (Fsp3) is 0.154. The standard InChI is InChI=1S/C13H12FN3O2/c1-7-8(2)16-17-13(19)11(7)12(18)15-10-5-3-4-9(14)6-10/h3-6H,1-2H3,(H,15,18)(H,17,19). The van der Waals surface area contributed by atoms with Crippen LogP contribution in [0.4, 0.5) is 10.1 Å². The van der Waals surface area contributed by atoms with E-state index < -0.39 is 17.3 Å². The number of nitrogens with zero attached hydrogens (tertiary/aromatic N) is 1. The molecule has 1 heterocycles. The number of carbonyl (C=O) groups excluding carboxylic acids is 1. The van der Waals surface area contributed by atoms with Gasteiger partial charge >= 0.3 is 0 Å². The normalized spacial score (nSPS) is 10.3. The molecule has 1 aromatic carbocycles. The van der Waals surface area contributed by atoms with Gasteiger partial charge in [-0.05, 0) is 37.6 Å². The third-order valence-corrected chi connectivity index (χ3v) is 2.78. The van der Waals surface area contributed by atoms with Gasteiger partial charge < -0.3 is 5.32 Å². The number of halogens is 1. The van der Waals surface area contributed by atoms with Crippen LogP contribution in [-0.4, -0.2) is 16.1 Å². The molecule has 6 heteroatoms. The molecule has 0 aliphatic rings. The number of rotatable bonds is 2. The van der Waals surface area contributed by atoms with Crippen LogP contribution in [0.25, 0.3) is 0 Å². The molecule has 5 nitrogen and oxygen atoms in total. The number of anilines is 1. The molecular formula is C13H12FN3O2. The molecule has 1 aromatic heterocycles. The molecule has 0 saturated carbocycles. The van der Waals surface area contributed by atoms with Gasteiger partial charge in [0.2, 0.25) is 0 Å². The average molecular weight is 261 g/mol. The smallest absolute Gasteiger partial charge is 0.277 e. The molecular weight excluding hydrogens is 249 g/mol. The van der Waals surface area contributed by atoms with E-state index in [0.29, 0.717) is 16.9 Å². The van der Waals surface area contributed by atoms with E-state index in [2.05, 4.69) is 15.5 Å². The maximum atomic E-state index is 13.0. The van der Waals surface area contributed by atoms with Crippen LogP contribution in [-0.2, 0) is 0 Å². The van der Waals surface area contributed by atoms with Crippen LogP contribution >= 0.6 is 0 Å². The van der Waals surface area contributed by atoms with Crippen LogP contribution in [0.15, 0.2) is 29.1 Å². The van der Waals surface area contributed by atoms with Crippen molar-refractivity contribution in [2.45, 2.75) is 13.8 Å². The van der Waals surface area contributed by atoms with Gasteiger partial charge in [-0.15, -0.1) is 0 Å². The zero-order chi connectivity index (χ0) is 14.0. The number of benzene rings is 1. The van der Waals surface area contributed by atoms with Gasteiger partial charge in [-0.2, -0.15) is 5.10 Å². The van der Waals surface area contributed by atoms with E-state index in [1.165, 1.54) is 18.2 Å². The van der Waals surface area contributed by atoms with Gasteiger partial charge in [0.1, 0.15) is 11.4 Å². The van der Waals surface area contributed by atoms with Gasteiger partial charge in [0.25, 0.3) is 11.5 Å². The predicted octanol–water partition coefficient (Wildman–Crippen LogP) is 1.78. The van der Waals surface area contributed by atoms with Crippen molar-refractivity contribution >= 4 is 11.6 Å². The molecule has 0 aliphatic heterocycles. The fourth-order valence-corrected chi connectivity index (χ4v) is 1.66. The highest BCUT2D eigenvalue weighted by Gasteiger charge is 2.16. The maximum Gasteiger partial charge on any atom is 0.277 e. The molecule has 0 fully saturated rings. The second-order valence-corrected chi connectivity index (χ2v) is 4.10. The van der Waals surface area contributed by atoms with Crippen LogP contribution in [0.2, 0.25) is 0 Å². The number of aromatic amines is 1. The minimum absolute atomic E-state index is 0.0169. The summed E-state index contributed by atoms with van der Waals surface area (Å²) in [6.45, 7) is 3.32. The number of hydrogen-bond donors (Lipinski definition) is 2. The van der Waals surface area contributed by atoms with Crippen molar-refractivity contribution in [2.75, 3.05) is 5.32 Å². The summed E-state index contributed by atoms with van der Waals surface area (Å²) in [6, 6.07) is 5.46. The Bertz CT molecular complexity index is 695. The lowest BCUT2D eigenvalue weighted by molar-refractivity contribution is 0.102. The topological polar surface area (TPSA) is 74.8 Å². The zero-order valence-corrected chi connectivity index (χ0v) is 10.5. The van der Waals surface area contributed by atoms with Gasteiger partial charge in [-0.1, -0.05) is 6.07 Å². The van der Waals surface area contributed by atoms with E-state index in [1.54, 1.807) is 19.9 Å². The fourth-order valence-electron chi connectivity index (χ4n) is 1.66. The zero-order valence-electron chi connectivity index (χ0n) is 10.5. The van der Waals surface area contributed by atoms with Crippen LogP contribution in [0.3, 0.4) is 0 Å². The number of hydrogen-bond acceptors (Lipinski definition) is 3. The summed E-state index contributed by atoms with van der Waals surface area (Å²) < 4.78 is 13.0. The van der Waals surface area contributed by atoms with Gasteiger partial charge in [0, 0.05) is 5.69 Å². The second kappa shape index (κ2) is 5.01. The highest BCUT2D eigenvalue weighted by atomic mass is 19.1. The first-order chi connectivity index (χ1) is 8.99. The molecule has 0 spiro atoms. The highest BCUT2D eigenvalue weighted by molar-refractivity contribution is 6.05. The molecule has 0 unspecified atom stereocenters. The Balaban J connectivity index is 2.36. The van der Waals surface area contributed by atoms with Crippen molar-refractivity contribution in [3.63, 3.8) is 0 Å². The Labute approximate surface area is 108 Å². The molecule has 0 aliphatic carbocycles. The number of carbonyl (C=O) groups is 1. The van der Waals surface area contributed by atoms with Crippen molar-refractivity contribution < 1.29 is 9.18 Å². The van der Waals surface area contributed by atoms with Crippen molar-refractivity contribution in [1.29, 1.82) is 0 Å². The van der Waals surface area contributed by atoms with Crippen molar-refractivity contribution in [3.05, 3.63) is 57.3 Å². The largest absolute Gasteiger partial charge is 0.322 e. The Morgan fingerprint density at radius 2 is 2.11 bits per heavy atom. The molecule has 2 rings (SSSR count). The number of H-pyrrole nitrogens is 1. The monoisotopic (exact) mass is 261 g/mol. The first kappa shape index (κ1) is 12.9. The van der Waals surface area contributed by atoms with Crippen LogP contribution in [0.5, 0.6) is 0 Å². The van der Waals surface area contributed by atoms with E-state index in [-0.39, 0.29) is 5.56 Å². The molecule has 2 aromatic rings. The van der Waals surface area contributed by atoms with E-state index >= 15 is 0 Å². The summed E-state index contributed by atoms with van der Waals surface area (Å²) in [6.07, 6.45) is 0. The Morgan fingerprint density at radius 1 is 1.37 bits per heavy atom. The SMILES string of the molecule is Cc1n[nH]c(=O)c(C(=O)Nc2cccc(F)c2)c1C.